The van der Waals surface area contributed by atoms with Gasteiger partial charge in [0.2, 0.25) is 0 Å². The average Bonchev–Trinajstić information content (AvgIpc) is 2.20. The maximum atomic E-state index is 12.0. The minimum absolute atomic E-state index is 0.145. The zero-order valence-electron chi connectivity index (χ0n) is 9.11. The van der Waals surface area contributed by atoms with Crippen LogP contribution in [0.2, 0.25) is 10.0 Å². The molecule has 0 aliphatic rings. The molecule has 0 bridgehead atoms. The number of hydrogen-bond acceptors (Lipinski definition) is 1. The van der Waals surface area contributed by atoms with E-state index in [2.05, 4.69) is 5.32 Å². The fraction of sp³-hybridized carbons (Fsp3) is 0.455. The van der Waals surface area contributed by atoms with E-state index in [9.17, 15) is 13.2 Å². The third-order valence-corrected chi connectivity index (χ3v) is 3.14. The van der Waals surface area contributed by atoms with Crippen molar-refractivity contribution >= 4 is 23.2 Å². The standard InChI is InChI=1S/C11H12Cl2F3N/c1-7(17-6-5-11(14,15)16)8-3-2-4-9(12)10(8)13/h2-4,7,17H,5-6H2,1H3. The van der Waals surface area contributed by atoms with Crippen LogP contribution in [-0.4, -0.2) is 12.7 Å². The SMILES string of the molecule is CC(NCCC(F)(F)F)c1cccc(Cl)c1Cl. The van der Waals surface area contributed by atoms with Crippen LogP contribution in [-0.2, 0) is 0 Å². The lowest BCUT2D eigenvalue weighted by Crippen LogP contribution is -2.24. The minimum Gasteiger partial charge on any atom is -0.310 e. The molecule has 1 unspecified atom stereocenters. The van der Waals surface area contributed by atoms with Crippen molar-refractivity contribution in [1.82, 2.24) is 5.32 Å². The van der Waals surface area contributed by atoms with E-state index in [1.807, 2.05) is 0 Å². The highest BCUT2D eigenvalue weighted by molar-refractivity contribution is 6.42. The van der Waals surface area contributed by atoms with Gasteiger partial charge in [-0.05, 0) is 18.6 Å². The summed E-state index contributed by atoms with van der Waals surface area (Å²) in [5.41, 5.74) is 0.696. The first-order valence-electron chi connectivity index (χ1n) is 5.05. The Bertz CT molecular complexity index is 379. The van der Waals surface area contributed by atoms with E-state index in [0.29, 0.717) is 15.6 Å². The van der Waals surface area contributed by atoms with Gasteiger partial charge in [-0.15, -0.1) is 0 Å². The van der Waals surface area contributed by atoms with Crippen molar-refractivity contribution in [1.29, 1.82) is 0 Å². The summed E-state index contributed by atoms with van der Waals surface area (Å²) in [7, 11) is 0. The molecule has 0 heterocycles. The van der Waals surface area contributed by atoms with Crippen LogP contribution in [0, 0.1) is 0 Å². The van der Waals surface area contributed by atoms with Crippen LogP contribution in [0.15, 0.2) is 18.2 Å². The molecule has 1 nitrogen and oxygen atoms in total. The molecule has 0 saturated carbocycles. The van der Waals surface area contributed by atoms with Gasteiger partial charge in [0.1, 0.15) is 0 Å². The van der Waals surface area contributed by atoms with Gasteiger partial charge in [-0.2, -0.15) is 13.2 Å². The maximum Gasteiger partial charge on any atom is 0.390 e. The smallest absolute Gasteiger partial charge is 0.310 e. The highest BCUT2D eigenvalue weighted by atomic mass is 35.5. The molecule has 1 rings (SSSR count). The Hall–Kier alpha value is -0.450. The molecule has 0 aliphatic heterocycles. The molecule has 96 valence electrons. The maximum absolute atomic E-state index is 12.0. The number of hydrogen-bond donors (Lipinski definition) is 1. The molecular formula is C11H12Cl2F3N. The van der Waals surface area contributed by atoms with E-state index in [4.69, 9.17) is 23.2 Å². The summed E-state index contributed by atoms with van der Waals surface area (Å²) in [5, 5.41) is 3.53. The second kappa shape index (κ2) is 5.94. The summed E-state index contributed by atoms with van der Waals surface area (Å²) in [4.78, 5) is 0. The lowest BCUT2D eigenvalue weighted by Gasteiger charge is -2.16. The summed E-state index contributed by atoms with van der Waals surface area (Å²) >= 11 is 11.8. The van der Waals surface area contributed by atoms with Gasteiger partial charge in [0.15, 0.2) is 0 Å². The van der Waals surface area contributed by atoms with Crippen molar-refractivity contribution < 1.29 is 13.2 Å². The van der Waals surface area contributed by atoms with Crippen LogP contribution >= 0.6 is 23.2 Å². The summed E-state index contributed by atoms with van der Waals surface area (Å²) in [6.45, 7) is 1.60. The Balaban J connectivity index is 2.58. The summed E-state index contributed by atoms with van der Waals surface area (Å²) in [5.74, 6) is 0. The molecule has 0 amide bonds. The van der Waals surface area contributed by atoms with Crippen molar-refractivity contribution in [2.45, 2.75) is 25.6 Å². The number of benzene rings is 1. The Morgan fingerprint density at radius 1 is 1.29 bits per heavy atom. The molecule has 0 radical (unpaired) electrons. The topological polar surface area (TPSA) is 12.0 Å². The normalized spacial score (nSPS) is 13.8. The van der Waals surface area contributed by atoms with Gasteiger partial charge in [0.05, 0.1) is 16.5 Å². The van der Waals surface area contributed by atoms with Crippen LogP contribution in [0.4, 0.5) is 13.2 Å². The van der Waals surface area contributed by atoms with Gasteiger partial charge >= 0.3 is 6.18 Å². The Morgan fingerprint density at radius 2 is 1.94 bits per heavy atom. The molecule has 0 aromatic heterocycles. The number of rotatable bonds is 4. The first kappa shape index (κ1) is 14.6. The van der Waals surface area contributed by atoms with Crippen LogP contribution in [0.25, 0.3) is 0 Å². The molecule has 6 heteroatoms. The first-order valence-corrected chi connectivity index (χ1v) is 5.81. The van der Waals surface area contributed by atoms with Gasteiger partial charge in [0.25, 0.3) is 0 Å². The van der Waals surface area contributed by atoms with E-state index in [0.717, 1.165) is 0 Å². The number of alkyl halides is 3. The van der Waals surface area contributed by atoms with Gasteiger partial charge in [-0.3, -0.25) is 0 Å². The molecule has 1 atom stereocenters. The van der Waals surface area contributed by atoms with E-state index in [-0.39, 0.29) is 12.6 Å². The Kier molecular flexibility index (Phi) is 5.10. The average molecular weight is 286 g/mol. The summed E-state index contributed by atoms with van der Waals surface area (Å²) in [6.07, 6.45) is -5.01. The van der Waals surface area contributed by atoms with E-state index in [1.165, 1.54) is 0 Å². The molecule has 0 fully saturated rings. The fourth-order valence-electron chi connectivity index (χ4n) is 1.40. The van der Waals surface area contributed by atoms with Gasteiger partial charge < -0.3 is 5.32 Å². The van der Waals surface area contributed by atoms with Crippen LogP contribution < -0.4 is 5.32 Å². The number of halogens is 5. The lowest BCUT2D eigenvalue weighted by atomic mass is 10.1. The first-order chi connectivity index (χ1) is 7.81. The molecule has 1 N–H and O–H groups in total. The third-order valence-electron chi connectivity index (χ3n) is 2.31. The minimum atomic E-state index is -4.15. The van der Waals surface area contributed by atoms with Crippen molar-refractivity contribution in [2.75, 3.05) is 6.54 Å². The predicted molar refractivity (Wildman–Crippen MR) is 63.6 cm³/mol. The molecule has 17 heavy (non-hydrogen) atoms. The molecule has 1 aromatic rings. The van der Waals surface area contributed by atoms with Gasteiger partial charge in [0, 0.05) is 12.6 Å². The predicted octanol–water partition coefficient (Wildman–Crippen LogP) is 4.60. The van der Waals surface area contributed by atoms with Crippen molar-refractivity contribution in [2.24, 2.45) is 0 Å². The highest BCUT2D eigenvalue weighted by Gasteiger charge is 2.26. The van der Waals surface area contributed by atoms with Crippen molar-refractivity contribution in [3.63, 3.8) is 0 Å². The van der Waals surface area contributed by atoms with Crippen LogP contribution in [0.5, 0.6) is 0 Å². The zero-order valence-corrected chi connectivity index (χ0v) is 10.6. The van der Waals surface area contributed by atoms with E-state index >= 15 is 0 Å². The second-order valence-corrected chi connectivity index (χ2v) is 4.47. The lowest BCUT2D eigenvalue weighted by molar-refractivity contribution is -0.133. The van der Waals surface area contributed by atoms with Gasteiger partial charge in [-0.25, -0.2) is 0 Å². The zero-order chi connectivity index (χ0) is 13.1. The summed E-state index contributed by atoms with van der Waals surface area (Å²) < 4.78 is 35.9. The van der Waals surface area contributed by atoms with Crippen molar-refractivity contribution in [3.8, 4) is 0 Å². The molecule has 0 aliphatic carbocycles. The molecular weight excluding hydrogens is 274 g/mol. The largest absolute Gasteiger partial charge is 0.390 e. The molecule has 0 saturated heterocycles. The highest BCUT2D eigenvalue weighted by Crippen LogP contribution is 2.29. The van der Waals surface area contributed by atoms with Crippen LogP contribution in [0.1, 0.15) is 24.9 Å². The third kappa shape index (κ3) is 4.74. The fourth-order valence-corrected chi connectivity index (χ4v) is 1.87. The summed E-state index contributed by atoms with van der Waals surface area (Å²) in [6, 6.07) is 4.81. The Morgan fingerprint density at radius 3 is 2.53 bits per heavy atom. The van der Waals surface area contributed by atoms with E-state index < -0.39 is 12.6 Å². The molecule has 0 spiro atoms. The molecule has 1 aromatic carbocycles. The van der Waals surface area contributed by atoms with Crippen LogP contribution in [0.3, 0.4) is 0 Å². The van der Waals surface area contributed by atoms with Gasteiger partial charge in [-0.1, -0.05) is 35.3 Å². The van der Waals surface area contributed by atoms with E-state index in [1.54, 1.807) is 25.1 Å². The second-order valence-electron chi connectivity index (χ2n) is 3.68. The number of nitrogens with one attached hydrogen (secondary N) is 1. The Labute approximate surface area is 108 Å². The monoisotopic (exact) mass is 285 g/mol. The van der Waals surface area contributed by atoms with Crippen molar-refractivity contribution in [3.05, 3.63) is 33.8 Å². The quantitative estimate of drug-likeness (QED) is 0.853.